The number of unbranched alkanes of at least 4 members (excludes halogenated alkanes) is 1. The van der Waals surface area contributed by atoms with Crippen LogP contribution in [0.15, 0.2) is 4.99 Å². The Labute approximate surface area is 133 Å². The molecule has 0 radical (unpaired) electrons. The van der Waals surface area contributed by atoms with Crippen LogP contribution in [-0.4, -0.2) is 46.5 Å². The van der Waals surface area contributed by atoms with Crippen molar-refractivity contribution in [1.29, 1.82) is 0 Å². The molecule has 1 aromatic rings. The van der Waals surface area contributed by atoms with E-state index >= 15 is 0 Å². The van der Waals surface area contributed by atoms with Gasteiger partial charge in [-0.05, 0) is 27.2 Å². The van der Waals surface area contributed by atoms with Crippen LogP contribution in [0.2, 0.25) is 0 Å². The second kappa shape index (κ2) is 8.73. The molecule has 1 rings (SSSR count). The summed E-state index contributed by atoms with van der Waals surface area (Å²) in [7, 11) is 3.66. The number of hydrogen-bond donors (Lipinski definition) is 2. The van der Waals surface area contributed by atoms with Crippen LogP contribution in [0.25, 0.3) is 0 Å². The SMILES string of the molecule is CCCCNC(=NCc1nnc(C)n1C)NCC(C)(C)OC. The minimum absolute atomic E-state index is 0.241. The van der Waals surface area contributed by atoms with E-state index in [1.165, 1.54) is 0 Å². The Hall–Kier alpha value is -1.63. The maximum atomic E-state index is 5.43. The molecule has 0 aliphatic rings. The molecule has 126 valence electrons. The average Bonchev–Trinajstić information content (AvgIpc) is 2.81. The zero-order valence-corrected chi connectivity index (χ0v) is 14.7. The van der Waals surface area contributed by atoms with Gasteiger partial charge in [0.1, 0.15) is 12.4 Å². The van der Waals surface area contributed by atoms with Crippen LogP contribution in [0, 0.1) is 6.92 Å². The minimum atomic E-state index is -0.241. The first-order valence-electron chi connectivity index (χ1n) is 7.82. The zero-order chi connectivity index (χ0) is 16.6. The Balaban J connectivity index is 2.67. The molecule has 0 spiro atoms. The summed E-state index contributed by atoms with van der Waals surface area (Å²) in [5.41, 5.74) is -0.241. The van der Waals surface area contributed by atoms with E-state index in [2.05, 4.69) is 32.7 Å². The molecule has 0 aliphatic heterocycles. The van der Waals surface area contributed by atoms with Gasteiger partial charge in [-0.15, -0.1) is 10.2 Å². The fourth-order valence-electron chi connectivity index (χ4n) is 1.67. The minimum Gasteiger partial charge on any atom is -0.377 e. The maximum absolute atomic E-state index is 5.43. The summed E-state index contributed by atoms with van der Waals surface area (Å²) in [6.45, 7) is 10.2. The number of aliphatic imine (C=N–C) groups is 1. The molecule has 0 bridgehead atoms. The third kappa shape index (κ3) is 6.01. The van der Waals surface area contributed by atoms with Crippen molar-refractivity contribution in [3.05, 3.63) is 11.6 Å². The first-order chi connectivity index (χ1) is 10.4. The Kier molecular flexibility index (Phi) is 7.31. The molecule has 0 amide bonds. The van der Waals surface area contributed by atoms with Crippen molar-refractivity contribution in [3.63, 3.8) is 0 Å². The van der Waals surface area contributed by atoms with E-state index in [1.807, 2.05) is 32.4 Å². The monoisotopic (exact) mass is 310 g/mol. The molecule has 0 atom stereocenters. The predicted octanol–water partition coefficient (Wildman–Crippen LogP) is 1.38. The number of nitrogens with zero attached hydrogens (tertiary/aromatic N) is 4. The summed E-state index contributed by atoms with van der Waals surface area (Å²) in [6, 6.07) is 0. The fraction of sp³-hybridized carbons (Fsp3) is 0.800. The summed E-state index contributed by atoms with van der Waals surface area (Å²) < 4.78 is 7.38. The molecule has 0 saturated heterocycles. The van der Waals surface area contributed by atoms with Gasteiger partial charge >= 0.3 is 0 Å². The van der Waals surface area contributed by atoms with Gasteiger partial charge < -0.3 is 19.9 Å². The van der Waals surface area contributed by atoms with Crippen molar-refractivity contribution < 1.29 is 4.74 Å². The van der Waals surface area contributed by atoms with Crippen LogP contribution in [-0.2, 0) is 18.3 Å². The Morgan fingerprint density at radius 1 is 1.32 bits per heavy atom. The molecule has 0 aromatic carbocycles. The molecule has 0 saturated carbocycles. The summed E-state index contributed by atoms with van der Waals surface area (Å²) in [4.78, 5) is 4.59. The van der Waals surface area contributed by atoms with E-state index in [4.69, 9.17) is 4.74 Å². The van der Waals surface area contributed by atoms with Gasteiger partial charge in [-0.25, -0.2) is 4.99 Å². The lowest BCUT2D eigenvalue weighted by Crippen LogP contribution is -2.45. The molecule has 1 aromatic heterocycles. The van der Waals surface area contributed by atoms with Crippen LogP contribution in [0.5, 0.6) is 0 Å². The van der Waals surface area contributed by atoms with Gasteiger partial charge in [0.25, 0.3) is 0 Å². The third-order valence-electron chi connectivity index (χ3n) is 3.62. The highest BCUT2D eigenvalue weighted by Gasteiger charge is 2.16. The van der Waals surface area contributed by atoms with Crippen molar-refractivity contribution in [2.45, 2.75) is 52.7 Å². The quantitative estimate of drug-likeness (QED) is 0.431. The highest BCUT2D eigenvalue weighted by molar-refractivity contribution is 5.79. The van der Waals surface area contributed by atoms with Crippen LogP contribution in [0.1, 0.15) is 45.3 Å². The average molecular weight is 310 g/mol. The van der Waals surface area contributed by atoms with E-state index in [0.29, 0.717) is 13.1 Å². The van der Waals surface area contributed by atoms with Gasteiger partial charge in [-0.1, -0.05) is 13.3 Å². The number of aromatic nitrogens is 3. The summed E-state index contributed by atoms with van der Waals surface area (Å²) in [5, 5.41) is 14.8. The number of methoxy groups -OCH3 is 1. The van der Waals surface area contributed by atoms with Crippen molar-refractivity contribution in [1.82, 2.24) is 25.4 Å². The second-order valence-corrected chi connectivity index (χ2v) is 5.98. The number of aryl methyl sites for hydroxylation is 1. The Morgan fingerprint density at radius 2 is 2.05 bits per heavy atom. The third-order valence-corrected chi connectivity index (χ3v) is 3.62. The van der Waals surface area contributed by atoms with Gasteiger partial charge in [-0.3, -0.25) is 0 Å². The van der Waals surface area contributed by atoms with Crippen molar-refractivity contribution in [2.75, 3.05) is 20.2 Å². The van der Waals surface area contributed by atoms with Crippen LogP contribution in [0.3, 0.4) is 0 Å². The van der Waals surface area contributed by atoms with E-state index in [9.17, 15) is 0 Å². The summed E-state index contributed by atoms with van der Waals surface area (Å²) in [6.07, 6.45) is 2.25. The maximum Gasteiger partial charge on any atom is 0.191 e. The van der Waals surface area contributed by atoms with Gasteiger partial charge in [0.2, 0.25) is 0 Å². The van der Waals surface area contributed by atoms with E-state index in [1.54, 1.807) is 7.11 Å². The van der Waals surface area contributed by atoms with Crippen LogP contribution in [0.4, 0.5) is 0 Å². The largest absolute Gasteiger partial charge is 0.377 e. The first-order valence-corrected chi connectivity index (χ1v) is 7.82. The van der Waals surface area contributed by atoms with Gasteiger partial charge in [0.05, 0.1) is 5.60 Å². The topological polar surface area (TPSA) is 76.4 Å². The van der Waals surface area contributed by atoms with E-state index in [-0.39, 0.29) is 5.60 Å². The molecular weight excluding hydrogens is 280 g/mol. The van der Waals surface area contributed by atoms with E-state index < -0.39 is 0 Å². The lowest BCUT2D eigenvalue weighted by molar-refractivity contribution is 0.0268. The van der Waals surface area contributed by atoms with Crippen LogP contribution >= 0.6 is 0 Å². The number of guanidine groups is 1. The van der Waals surface area contributed by atoms with Gasteiger partial charge in [0, 0.05) is 27.2 Å². The van der Waals surface area contributed by atoms with Crippen molar-refractivity contribution in [3.8, 4) is 0 Å². The van der Waals surface area contributed by atoms with Crippen LogP contribution < -0.4 is 10.6 Å². The van der Waals surface area contributed by atoms with Gasteiger partial charge in [-0.2, -0.15) is 0 Å². The molecule has 0 fully saturated rings. The lowest BCUT2D eigenvalue weighted by atomic mass is 10.1. The van der Waals surface area contributed by atoms with E-state index in [0.717, 1.165) is 37.0 Å². The zero-order valence-electron chi connectivity index (χ0n) is 14.7. The predicted molar refractivity (Wildman–Crippen MR) is 88.9 cm³/mol. The number of rotatable bonds is 8. The normalized spacial score (nSPS) is 12.5. The highest BCUT2D eigenvalue weighted by Crippen LogP contribution is 2.05. The molecule has 2 N–H and O–H groups in total. The highest BCUT2D eigenvalue weighted by atomic mass is 16.5. The van der Waals surface area contributed by atoms with Gasteiger partial charge in [0.15, 0.2) is 11.8 Å². The Morgan fingerprint density at radius 3 is 2.59 bits per heavy atom. The molecule has 1 heterocycles. The first kappa shape index (κ1) is 18.4. The summed E-state index contributed by atoms with van der Waals surface area (Å²) >= 11 is 0. The van der Waals surface area contributed by atoms with Crippen molar-refractivity contribution >= 4 is 5.96 Å². The molecule has 22 heavy (non-hydrogen) atoms. The molecular formula is C15H30N6O. The van der Waals surface area contributed by atoms with Crippen molar-refractivity contribution in [2.24, 2.45) is 12.0 Å². The number of hydrogen-bond acceptors (Lipinski definition) is 4. The fourth-order valence-corrected chi connectivity index (χ4v) is 1.67. The molecule has 7 nitrogen and oxygen atoms in total. The molecule has 0 unspecified atom stereocenters. The standard InChI is InChI=1S/C15H30N6O/c1-7-8-9-16-14(18-11-15(3,4)22-6)17-10-13-20-19-12(2)21(13)5/h7-11H2,1-6H3,(H2,16,17,18). The number of ether oxygens (including phenoxy) is 1. The molecule has 7 heteroatoms. The lowest BCUT2D eigenvalue weighted by Gasteiger charge is -2.24. The molecule has 0 aliphatic carbocycles. The Bertz CT molecular complexity index is 480. The number of nitrogens with one attached hydrogen (secondary N) is 2. The smallest absolute Gasteiger partial charge is 0.191 e. The summed E-state index contributed by atoms with van der Waals surface area (Å²) in [5.74, 6) is 2.51. The second-order valence-electron chi connectivity index (χ2n) is 5.98.